The minimum absolute atomic E-state index is 0.0636. The summed E-state index contributed by atoms with van der Waals surface area (Å²) < 4.78 is 5.77. The lowest BCUT2D eigenvalue weighted by Crippen LogP contribution is -2.43. The molecule has 0 radical (unpaired) electrons. The summed E-state index contributed by atoms with van der Waals surface area (Å²) in [4.78, 5) is 12.0. The summed E-state index contributed by atoms with van der Waals surface area (Å²) in [5.41, 5.74) is 0.899. The minimum atomic E-state index is -1.94. The fourth-order valence-electron chi connectivity index (χ4n) is 1.47. The second-order valence-corrected chi connectivity index (χ2v) is 10.8. The number of carbonyl (C=O) groups excluding carboxylic acids is 1. The number of hydrogen-bond donors (Lipinski definition) is 0. The summed E-state index contributed by atoms with van der Waals surface area (Å²) in [7, 11) is -1.94. The number of allylic oxidation sites excluding steroid dienone is 1. The molecule has 0 aromatic rings. The Labute approximate surface area is 100 Å². The van der Waals surface area contributed by atoms with Crippen molar-refractivity contribution in [2.24, 2.45) is 0 Å². The Kier molecular flexibility index (Phi) is 4.00. The molecule has 0 aliphatic heterocycles. The molecule has 0 bridgehead atoms. The van der Waals surface area contributed by atoms with Crippen molar-refractivity contribution < 1.29 is 9.22 Å². The van der Waals surface area contributed by atoms with Crippen LogP contribution in [0.25, 0.3) is 0 Å². The molecule has 0 aromatic heterocycles. The van der Waals surface area contributed by atoms with Gasteiger partial charge in [-0.1, -0.05) is 26.8 Å². The predicted molar refractivity (Wildman–Crippen MR) is 69.8 cm³/mol. The highest BCUT2D eigenvalue weighted by molar-refractivity contribution is 6.75. The first kappa shape index (κ1) is 13.5. The molecule has 0 fully saturated rings. The lowest BCUT2D eigenvalue weighted by atomic mass is 10.0. The van der Waals surface area contributed by atoms with Gasteiger partial charge < -0.3 is 4.43 Å². The maximum absolute atomic E-state index is 12.0. The largest absolute Gasteiger partial charge is 0.516 e. The van der Waals surface area contributed by atoms with Gasteiger partial charge >= 0.3 is 5.97 Å². The molecule has 92 valence electrons. The minimum Gasteiger partial charge on any atom is -0.516 e. The van der Waals surface area contributed by atoms with Crippen LogP contribution in [-0.4, -0.2) is 14.3 Å². The second kappa shape index (κ2) is 4.74. The molecule has 2 nitrogen and oxygen atoms in total. The third-order valence-electron chi connectivity index (χ3n) is 3.71. The topological polar surface area (TPSA) is 26.3 Å². The van der Waals surface area contributed by atoms with Gasteiger partial charge in [0, 0.05) is 5.57 Å². The maximum Gasteiger partial charge on any atom is 0.320 e. The molecule has 0 saturated heterocycles. The van der Waals surface area contributed by atoms with Gasteiger partial charge in [0.15, 0.2) is 0 Å². The van der Waals surface area contributed by atoms with Gasteiger partial charge in [0.2, 0.25) is 0 Å². The third-order valence-corrected chi connectivity index (χ3v) is 8.02. The van der Waals surface area contributed by atoms with E-state index < -0.39 is 8.32 Å². The first-order valence-corrected chi connectivity index (χ1v) is 9.07. The van der Waals surface area contributed by atoms with Crippen molar-refractivity contribution in [3.8, 4) is 0 Å². The average Bonchev–Trinajstić information content (AvgIpc) is 2.16. The third kappa shape index (κ3) is 3.21. The number of carbonyl (C=O) groups is 1. The van der Waals surface area contributed by atoms with E-state index in [1.54, 1.807) is 0 Å². The van der Waals surface area contributed by atoms with Crippen LogP contribution in [0.4, 0.5) is 0 Å². The van der Waals surface area contributed by atoms with Crippen LogP contribution in [0.1, 0.15) is 46.5 Å². The van der Waals surface area contributed by atoms with E-state index >= 15 is 0 Å². The van der Waals surface area contributed by atoms with Crippen LogP contribution in [0.15, 0.2) is 11.6 Å². The van der Waals surface area contributed by atoms with Crippen molar-refractivity contribution in [3.63, 3.8) is 0 Å². The standard InChI is InChI=1S/C13H24O2Si/c1-13(2,3)16(4,5)15-12(14)11-9-7-6-8-10-11/h9H,6-8,10H2,1-5H3. The fraction of sp³-hybridized carbons (Fsp3) is 0.769. The van der Waals surface area contributed by atoms with Crippen LogP contribution in [-0.2, 0) is 9.22 Å². The second-order valence-electron chi connectivity index (χ2n) is 6.12. The zero-order valence-electron chi connectivity index (χ0n) is 11.2. The smallest absolute Gasteiger partial charge is 0.320 e. The molecule has 1 aliphatic carbocycles. The summed E-state index contributed by atoms with van der Waals surface area (Å²) in [6.07, 6.45) is 6.31. The normalized spacial score (nSPS) is 17.9. The number of rotatable bonds is 2. The Hall–Kier alpha value is -0.573. The molecule has 0 heterocycles. The number of hydrogen-bond acceptors (Lipinski definition) is 2. The molecule has 0 amide bonds. The molecule has 0 aromatic carbocycles. The summed E-state index contributed by atoms with van der Waals surface area (Å²) in [5.74, 6) is -0.0636. The molecule has 1 aliphatic rings. The molecular weight excluding hydrogens is 216 g/mol. The first-order chi connectivity index (χ1) is 7.24. The van der Waals surface area contributed by atoms with Gasteiger partial charge in [0.25, 0.3) is 8.32 Å². The van der Waals surface area contributed by atoms with Gasteiger partial charge in [0.1, 0.15) is 0 Å². The summed E-state index contributed by atoms with van der Waals surface area (Å²) >= 11 is 0. The van der Waals surface area contributed by atoms with E-state index in [4.69, 9.17) is 4.43 Å². The average molecular weight is 240 g/mol. The van der Waals surface area contributed by atoms with Crippen molar-refractivity contribution in [1.82, 2.24) is 0 Å². The molecule has 0 unspecified atom stereocenters. The van der Waals surface area contributed by atoms with Crippen LogP contribution in [0.3, 0.4) is 0 Å². The van der Waals surface area contributed by atoms with Crippen LogP contribution < -0.4 is 0 Å². The van der Waals surface area contributed by atoms with Gasteiger partial charge in [-0.3, -0.25) is 0 Å². The van der Waals surface area contributed by atoms with Crippen molar-refractivity contribution >= 4 is 14.3 Å². The lowest BCUT2D eigenvalue weighted by Gasteiger charge is -2.35. The van der Waals surface area contributed by atoms with Crippen LogP contribution >= 0.6 is 0 Å². The van der Waals surface area contributed by atoms with Crippen molar-refractivity contribution in [2.75, 3.05) is 0 Å². The first-order valence-electron chi connectivity index (χ1n) is 6.16. The molecule has 0 saturated carbocycles. The van der Waals surface area contributed by atoms with Crippen LogP contribution in [0.5, 0.6) is 0 Å². The Morgan fingerprint density at radius 2 is 1.94 bits per heavy atom. The fourth-order valence-corrected chi connectivity index (χ4v) is 2.37. The monoisotopic (exact) mass is 240 g/mol. The van der Waals surface area contributed by atoms with E-state index in [1.165, 1.54) is 6.42 Å². The highest BCUT2D eigenvalue weighted by Gasteiger charge is 2.40. The van der Waals surface area contributed by atoms with Crippen molar-refractivity contribution in [1.29, 1.82) is 0 Å². The highest BCUT2D eigenvalue weighted by Crippen LogP contribution is 2.37. The highest BCUT2D eigenvalue weighted by atomic mass is 28.4. The molecular formula is C13H24O2Si. The Morgan fingerprint density at radius 3 is 2.38 bits per heavy atom. The van der Waals surface area contributed by atoms with Gasteiger partial charge in [-0.2, -0.15) is 0 Å². The van der Waals surface area contributed by atoms with E-state index in [-0.39, 0.29) is 11.0 Å². The zero-order chi connectivity index (χ0) is 12.4. The van der Waals surface area contributed by atoms with Crippen molar-refractivity contribution in [3.05, 3.63) is 11.6 Å². The quantitative estimate of drug-likeness (QED) is 0.681. The molecule has 3 heteroatoms. The summed E-state index contributed by atoms with van der Waals surface area (Å²) in [6, 6.07) is 0. The van der Waals surface area contributed by atoms with E-state index in [9.17, 15) is 4.79 Å². The van der Waals surface area contributed by atoms with Crippen LogP contribution in [0, 0.1) is 0 Å². The predicted octanol–water partition coefficient (Wildman–Crippen LogP) is 4.04. The molecule has 0 spiro atoms. The van der Waals surface area contributed by atoms with Gasteiger partial charge in [-0.15, -0.1) is 0 Å². The zero-order valence-corrected chi connectivity index (χ0v) is 12.2. The van der Waals surface area contributed by atoms with Crippen molar-refractivity contribution in [2.45, 2.75) is 64.6 Å². The lowest BCUT2D eigenvalue weighted by molar-refractivity contribution is -0.131. The molecule has 16 heavy (non-hydrogen) atoms. The summed E-state index contributed by atoms with van der Waals surface area (Å²) in [6.45, 7) is 10.7. The SMILES string of the molecule is CC(C)(C)[Si](C)(C)OC(=O)C1=CCCCC1. The molecule has 0 atom stereocenters. The van der Waals surface area contributed by atoms with E-state index in [0.29, 0.717) is 0 Å². The Balaban J connectivity index is 2.67. The van der Waals surface area contributed by atoms with E-state index in [0.717, 1.165) is 24.8 Å². The van der Waals surface area contributed by atoms with Gasteiger partial charge in [0.05, 0.1) is 0 Å². The van der Waals surface area contributed by atoms with Crippen LogP contribution in [0.2, 0.25) is 18.1 Å². The van der Waals surface area contributed by atoms with E-state index in [1.807, 2.05) is 0 Å². The van der Waals surface area contributed by atoms with Gasteiger partial charge in [-0.25, -0.2) is 4.79 Å². The van der Waals surface area contributed by atoms with Gasteiger partial charge in [-0.05, 0) is 43.8 Å². The Bertz CT molecular complexity index is 298. The molecule has 0 N–H and O–H groups in total. The van der Waals surface area contributed by atoms with E-state index in [2.05, 4.69) is 39.9 Å². The Morgan fingerprint density at radius 1 is 1.31 bits per heavy atom. The summed E-state index contributed by atoms with van der Waals surface area (Å²) in [5, 5.41) is 0.0951. The molecule has 1 rings (SSSR count). The maximum atomic E-state index is 12.0.